The Morgan fingerprint density at radius 3 is 1.91 bits per heavy atom. The number of likely N-dealkylation sites (tertiary alicyclic amines) is 3. The summed E-state index contributed by atoms with van der Waals surface area (Å²) >= 11 is 1.25. The third kappa shape index (κ3) is 20.1. The molecule has 23 N–H and O–H groups in total. The second kappa shape index (κ2) is 31.5. The van der Waals surface area contributed by atoms with Crippen molar-refractivity contribution < 1.29 is 63.3 Å². The number of amides is 9. The zero-order valence-corrected chi connectivity index (χ0v) is 44.4. The topological polar surface area (TPSA) is 533 Å². The lowest BCUT2D eigenvalue weighted by Crippen LogP contribution is -2.59. The zero-order chi connectivity index (χ0) is 58.3. The minimum Gasteiger partial charge on any atom is -0.480 e. The molecule has 0 bridgehead atoms. The molecule has 3 aliphatic rings. The monoisotopic (exact) mass is 1130 g/mol. The standard InChI is InChI=1S/C46H75N19O13S/c47-25(7-1-13-54-44(48)49)36(70)60-26(8-2-14-55-45(50)51)41(75)64-16-4-10-31(64)42(76)65-18-12-32(67)35(65)39(73)57-21-33(68)59-29(20-24-6-5-19-79-24)37(71)62-30(23-66)38(72)61-27-11-17-63(40(27)74)22-34(69)58-28(43(77)78)9-3-15-56-46(52)53/h5-6,19,25-32,35,66-67H,1-4,7-18,20-23,47H2,(H,57,73)(H,58,69)(H,59,68)(H,60,70)(H,61,72)(H,62,71)(H,77,78)(H4,48,49,54)(H4,50,51,55)(H4,52,53,56)/t25-,26+,27+,28?,29+,30+,31+,32-,35+/m1/s1. The molecule has 4 heterocycles. The summed E-state index contributed by atoms with van der Waals surface area (Å²) in [5.41, 5.74) is 38.3. The van der Waals surface area contributed by atoms with Gasteiger partial charge in [-0.2, -0.15) is 0 Å². The average molecular weight is 1130 g/mol. The van der Waals surface area contributed by atoms with Crippen LogP contribution in [0.2, 0.25) is 0 Å². The number of carboxylic acid groups (broad SMARTS) is 1. The number of nitrogens with one attached hydrogen (secondary N) is 6. The maximum atomic E-state index is 14.3. The second-order valence-electron chi connectivity index (χ2n) is 19.0. The van der Waals surface area contributed by atoms with Crippen molar-refractivity contribution in [3.05, 3.63) is 22.4 Å². The molecule has 3 saturated heterocycles. The van der Waals surface area contributed by atoms with E-state index in [-0.39, 0.29) is 115 Å². The van der Waals surface area contributed by atoms with Gasteiger partial charge in [-0.05, 0) is 75.7 Å². The molecular formula is C46H75N19O13S. The SMILES string of the molecule is NC(N)=NCCCC(NC(=O)CN1CC[C@H](NC(=O)[C@H](CO)NC(=O)[C@H](Cc2cccs2)NC(=O)CNC(=O)[C@@H]2[C@H](O)CCN2C(=O)[C@@H]2CCCN2C(=O)[C@H](CCCN=C(N)N)NC(=O)[C@H](N)CCCN=C(N)N)C1=O)C(=O)O. The highest BCUT2D eigenvalue weighted by Crippen LogP contribution is 2.27. The number of nitrogens with zero attached hydrogens (tertiary/aromatic N) is 6. The van der Waals surface area contributed by atoms with Crippen LogP contribution in [0, 0.1) is 0 Å². The lowest BCUT2D eigenvalue weighted by molar-refractivity contribution is -0.149. The van der Waals surface area contributed by atoms with Gasteiger partial charge in [0.2, 0.25) is 53.2 Å². The average Bonchev–Trinajstić information content (AvgIpc) is 4.28. The van der Waals surface area contributed by atoms with Crippen LogP contribution in [-0.4, -0.2) is 220 Å². The van der Waals surface area contributed by atoms with Gasteiger partial charge in [0.15, 0.2) is 17.9 Å². The maximum absolute atomic E-state index is 14.3. The fraction of sp³-hybridized carbons (Fsp3) is 0.630. The fourth-order valence-corrected chi connectivity index (χ4v) is 9.76. The Labute approximate surface area is 458 Å². The van der Waals surface area contributed by atoms with Gasteiger partial charge in [-0.1, -0.05) is 6.07 Å². The largest absolute Gasteiger partial charge is 0.480 e. The summed E-state index contributed by atoms with van der Waals surface area (Å²) in [5, 5.41) is 47.3. The molecule has 79 heavy (non-hydrogen) atoms. The summed E-state index contributed by atoms with van der Waals surface area (Å²) in [6.45, 7) is -1.68. The number of carboxylic acids is 1. The lowest BCUT2D eigenvalue weighted by Gasteiger charge is -2.33. The van der Waals surface area contributed by atoms with Crippen LogP contribution in [-0.2, 0) is 54.4 Å². The smallest absolute Gasteiger partial charge is 0.326 e. The van der Waals surface area contributed by atoms with Gasteiger partial charge in [-0.3, -0.25) is 58.1 Å². The Morgan fingerprint density at radius 1 is 0.709 bits per heavy atom. The minimum atomic E-state index is -1.63. The second-order valence-corrected chi connectivity index (χ2v) is 20.0. The Hall–Kier alpha value is -7.91. The van der Waals surface area contributed by atoms with Crippen LogP contribution in [0.25, 0.3) is 0 Å². The molecule has 3 aliphatic heterocycles. The van der Waals surface area contributed by atoms with Crippen LogP contribution in [0.5, 0.6) is 0 Å². The zero-order valence-electron chi connectivity index (χ0n) is 43.6. The predicted molar refractivity (Wildman–Crippen MR) is 285 cm³/mol. The number of guanidine groups is 3. The van der Waals surface area contributed by atoms with Crippen LogP contribution in [0.1, 0.15) is 69.1 Å². The van der Waals surface area contributed by atoms with E-state index in [9.17, 15) is 63.3 Å². The Bertz CT molecular complexity index is 2400. The van der Waals surface area contributed by atoms with E-state index >= 15 is 0 Å². The number of thiophene rings is 1. The third-order valence-corrected chi connectivity index (χ3v) is 13.9. The molecule has 1 aromatic rings. The summed E-state index contributed by atoms with van der Waals surface area (Å²) in [6, 6.07) is -6.87. The predicted octanol–water partition coefficient (Wildman–Crippen LogP) is -8.42. The van der Waals surface area contributed by atoms with E-state index < -0.39 is 133 Å². The molecule has 0 aliphatic carbocycles. The summed E-state index contributed by atoms with van der Waals surface area (Å²) in [6.07, 6.45) is 0.251. The number of hydrogen-bond acceptors (Lipinski definition) is 17. The summed E-state index contributed by atoms with van der Waals surface area (Å²) < 4.78 is 0. The Kier molecular flexibility index (Phi) is 25.4. The van der Waals surface area contributed by atoms with Gasteiger partial charge in [0.25, 0.3) is 0 Å². The van der Waals surface area contributed by atoms with Gasteiger partial charge in [0, 0.05) is 50.6 Å². The molecular weight excluding hydrogens is 1060 g/mol. The van der Waals surface area contributed by atoms with Crippen LogP contribution in [0.4, 0.5) is 0 Å². The Balaban J connectivity index is 1.35. The molecule has 0 aromatic carbocycles. The van der Waals surface area contributed by atoms with Crippen LogP contribution in [0.3, 0.4) is 0 Å². The minimum absolute atomic E-state index is 0.00333. The van der Waals surface area contributed by atoms with Crippen molar-refractivity contribution in [1.82, 2.24) is 46.6 Å². The number of rotatable bonds is 31. The third-order valence-electron chi connectivity index (χ3n) is 13.0. The number of aliphatic hydroxyl groups is 2. The number of aliphatic hydroxyl groups excluding tert-OH is 2. The van der Waals surface area contributed by atoms with E-state index in [4.69, 9.17) is 40.1 Å². The molecule has 9 amide bonds. The van der Waals surface area contributed by atoms with Crippen LogP contribution < -0.4 is 72.0 Å². The van der Waals surface area contributed by atoms with E-state index in [1.807, 2.05) is 0 Å². The van der Waals surface area contributed by atoms with Crippen molar-refractivity contribution in [2.45, 2.75) is 125 Å². The highest BCUT2D eigenvalue weighted by Gasteiger charge is 2.47. The first-order valence-corrected chi connectivity index (χ1v) is 26.5. The highest BCUT2D eigenvalue weighted by molar-refractivity contribution is 7.09. The number of carbonyl (C=O) groups excluding carboxylic acids is 9. The molecule has 4 rings (SSSR count). The van der Waals surface area contributed by atoms with Crippen molar-refractivity contribution in [1.29, 1.82) is 0 Å². The first kappa shape index (κ1) is 63.6. The van der Waals surface area contributed by atoms with E-state index in [1.54, 1.807) is 17.5 Å². The van der Waals surface area contributed by atoms with Gasteiger partial charge in [-0.15, -0.1) is 11.3 Å². The summed E-state index contributed by atoms with van der Waals surface area (Å²) in [4.78, 5) is 149. The van der Waals surface area contributed by atoms with E-state index in [1.165, 1.54) is 16.2 Å². The summed E-state index contributed by atoms with van der Waals surface area (Å²) in [5.74, 6) is -8.83. The van der Waals surface area contributed by atoms with E-state index in [0.717, 1.165) is 9.80 Å². The normalized spacial score (nSPS) is 19.6. The van der Waals surface area contributed by atoms with Gasteiger partial charge in [-0.25, -0.2) is 4.79 Å². The molecule has 1 unspecified atom stereocenters. The van der Waals surface area contributed by atoms with Crippen molar-refractivity contribution in [2.75, 3.05) is 59.0 Å². The number of hydrogen-bond donors (Lipinski definition) is 16. The van der Waals surface area contributed by atoms with Gasteiger partial charge < -0.3 is 102 Å². The quantitative estimate of drug-likeness (QED) is 0.0186. The van der Waals surface area contributed by atoms with Crippen molar-refractivity contribution in [3.8, 4) is 0 Å². The molecule has 9 atom stereocenters. The highest BCUT2D eigenvalue weighted by atomic mass is 32.1. The number of aliphatic carboxylic acids is 1. The molecule has 0 radical (unpaired) electrons. The maximum Gasteiger partial charge on any atom is 0.326 e. The number of aliphatic imine (C=N–C) groups is 3. The van der Waals surface area contributed by atoms with Crippen molar-refractivity contribution >= 4 is 88.3 Å². The van der Waals surface area contributed by atoms with Gasteiger partial charge in [0.1, 0.15) is 42.3 Å². The van der Waals surface area contributed by atoms with Gasteiger partial charge >= 0.3 is 5.97 Å². The first-order valence-electron chi connectivity index (χ1n) is 25.6. The molecule has 3 fully saturated rings. The van der Waals surface area contributed by atoms with Crippen molar-refractivity contribution in [2.24, 2.45) is 55.1 Å². The van der Waals surface area contributed by atoms with E-state index in [2.05, 4.69) is 46.9 Å². The lowest BCUT2D eigenvalue weighted by atomic mass is 10.1. The van der Waals surface area contributed by atoms with E-state index in [0.29, 0.717) is 17.7 Å². The molecule has 32 nitrogen and oxygen atoms in total. The molecule has 0 saturated carbocycles. The number of carbonyl (C=O) groups is 10. The molecule has 33 heteroatoms. The number of nitrogens with two attached hydrogens (primary N) is 7. The first-order chi connectivity index (χ1) is 37.5. The molecule has 1 aromatic heterocycles. The van der Waals surface area contributed by atoms with Crippen molar-refractivity contribution in [3.63, 3.8) is 0 Å². The van der Waals surface area contributed by atoms with Crippen LogP contribution >= 0.6 is 11.3 Å². The fourth-order valence-electron chi connectivity index (χ4n) is 9.01. The summed E-state index contributed by atoms with van der Waals surface area (Å²) in [7, 11) is 0. The molecule has 438 valence electrons. The van der Waals surface area contributed by atoms with Crippen LogP contribution in [0.15, 0.2) is 32.5 Å². The van der Waals surface area contributed by atoms with Gasteiger partial charge in [0.05, 0.1) is 31.8 Å². The molecule has 0 spiro atoms. The Morgan fingerprint density at radius 2 is 1.32 bits per heavy atom.